The molecule has 7 heteroatoms. The number of anilines is 1. The molecule has 4 nitrogen and oxygen atoms in total. The molecule has 0 saturated carbocycles. The number of carboxylic acids is 1. The van der Waals surface area contributed by atoms with Gasteiger partial charge in [0, 0.05) is 22.0 Å². The fourth-order valence-corrected chi connectivity index (χ4v) is 2.57. The number of hydrogen-bond donors (Lipinski definition) is 2. The second-order valence-electron chi connectivity index (χ2n) is 3.99. The topological polar surface area (TPSA) is 66.4 Å². The lowest BCUT2D eigenvalue weighted by Gasteiger charge is -2.04. The minimum absolute atomic E-state index is 0.306. The van der Waals surface area contributed by atoms with E-state index in [1.807, 2.05) is 0 Å². The third-order valence-corrected chi connectivity index (χ3v) is 4.09. The lowest BCUT2D eigenvalue weighted by Crippen LogP contribution is -2.10. The van der Waals surface area contributed by atoms with E-state index >= 15 is 0 Å². The van der Waals surface area contributed by atoms with Crippen molar-refractivity contribution in [2.24, 2.45) is 0 Å². The fraction of sp³-hybridized carbons (Fsp3) is 0. The van der Waals surface area contributed by atoms with E-state index in [0.29, 0.717) is 26.2 Å². The lowest BCUT2D eigenvalue weighted by molar-refractivity contribution is -0.131. The van der Waals surface area contributed by atoms with Crippen molar-refractivity contribution in [2.45, 2.75) is 0 Å². The van der Waals surface area contributed by atoms with E-state index in [0.717, 1.165) is 6.08 Å². The van der Waals surface area contributed by atoms with Gasteiger partial charge in [0.1, 0.15) is 0 Å². The number of carboxylic acid groups (broad SMARTS) is 1. The average Bonchev–Trinajstić information content (AvgIpc) is 2.89. The molecular weight excluding hydrogens is 333 g/mol. The number of thiophene rings is 1. The minimum atomic E-state index is -1.04. The Morgan fingerprint density at radius 2 is 1.95 bits per heavy atom. The number of carbonyl (C=O) groups excluding carboxylic acids is 1. The Balaban J connectivity index is 2.10. The van der Waals surface area contributed by atoms with Crippen molar-refractivity contribution in [3.63, 3.8) is 0 Å². The van der Waals surface area contributed by atoms with Crippen LogP contribution in [0.15, 0.2) is 35.7 Å². The predicted molar refractivity (Wildman–Crippen MR) is 85.4 cm³/mol. The first-order chi connectivity index (χ1) is 9.95. The molecule has 2 rings (SSSR count). The number of halogens is 2. The Morgan fingerprint density at radius 3 is 2.62 bits per heavy atom. The number of benzene rings is 1. The minimum Gasteiger partial charge on any atom is -0.478 e. The maximum absolute atomic E-state index is 12.0. The zero-order valence-corrected chi connectivity index (χ0v) is 12.8. The molecule has 0 radical (unpaired) electrons. The van der Waals surface area contributed by atoms with Gasteiger partial charge < -0.3 is 10.4 Å². The Kier molecular flexibility index (Phi) is 5.01. The smallest absolute Gasteiger partial charge is 0.328 e. The van der Waals surface area contributed by atoms with E-state index in [1.54, 1.807) is 29.6 Å². The van der Waals surface area contributed by atoms with Gasteiger partial charge in [-0.25, -0.2) is 4.79 Å². The number of aliphatic carboxylic acids is 1. The Labute approximate surface area is 134 Å². The molecule has 1 aromatic carbocycles. The summed E-state index contributed by atoms with van der Waals surface area (Å²) in [4.78, 5) is 23.1. The molecule has 0 atom stereocenters. The Bertz CT molecular complexity index is 725. The summed E-state index contributed by atoms with van der Waals surface area (Å²) >= 11 is 12.9. The van der Waals surface area contributed by atoms with Crippen LogP contribution in [-0.4, -0.2) is 17.0 Å². The first-order valence-corrected chi connectivity index (χ1v) is 7.35. The van der Waals surface area contributed by atoms with Gasteiger partial charge in [0.05, 0.1) is 15.6 Å². The monoisotopic (exact) mass is 341 g/mol. The maximum atomic E-state index is 12.0. The van der Waals surface area contributed by atoms with Crippen LogP contribution in [0.1, 0.15) is 15.2 Å². The van der Waals surface area contributed by atoms with Gasteiger partial charge in [-0.05, 0) is 30.3 Å². The van der Waals surface area contributed by atoms with Crippen LogP contribution in [0.3, 0.4) is 0 Å². The van der Waals surface area contributed by atoms with Crippen molar-refractivity contribution in [3.05, 3.63) is 56.2 Å². The number of hydrogen-bond acceptors (Lipinski definition) is 3. The molecule has 21 heavy (non-hydrogen) atoms. The normalized spacial score (nSPS) is 10.8. The van der Waals surface area contributed by atoms with E-state index in [9.17, 15) is 9.59 Å². The number of carbonyl (C=O) groups is 2. The van der Waals surface area contributed by atoms with Crippen molar-refractivity contribution in [1.82, 2.24) is 0 Å². The third-order valence-electron chi connectivity index (χ3n) is 2.45. The standard InChI is InChI=1S/C14H9Cl2NO3S/c15-11-3-1-9(6-12(11)16)17-14(20)8-5-10(21-7-8)2-4-13(18)19/h1-7H,(H,17,20)(H,18,19). The van der Waals surface area contributed by atoms with Gasteiger partial charge in [-0.15, -0.1) is 11.3 Å². The summed E-state index contributed by atoms with van der Waals surface area (Å²) in [7, 11) is 0. The highest BCUT2D eigenvalue weighted by Crippen LogP contribution is 2.25. The van der Waals surface area contributed by atoms with Gasteiger partial charge in [0.15, 0.2) is 0 Å². The average molecular weight is 342 g/mol. The first-order valence-electron chi connectivity index (χ1n) is 5.71. The van der Waals surface area contributed by atoms with Crippen LogP contribution in [0.4, 0.5) is 5.69 Å². The van der Waals surface area contributed by atoms with Crippen LogP contribution in [-0.2, 0) is 4.79 Å². The van der Waals surface area contributed by atoms with Crippen LogP contribution >= 0.6 is 34.5 Å². The quantitative estimate of drug-likeness (QED) is 0.809. The molecule has 1 heterocycles. The molecule has 2 aromatic rings. The zero-order valence-electron chi connectivity index (χ0n) is 10.5. The summed E-state index contributed by atoms with van der Waals surface area (Å²) < 4.78 is 0. The maximum Gasteiger partial charge on any atom is 0.328 e. The molecule has 0 aliphatic rings. The van der Waals surface area contributed by atoms with E-state index in [2.05, 4.69) is 5.32 Å². The number of amides is 1. The molecular formula is C14H9Cl2NO3S. The highest BCUT2D eigenvalue weighted by molar-refractivity contribution is 7.11. The molecule has 0 unspecified atom stereocenters. The lowest BCUT2D eigenvalue weighted by atomic mass is 10.2. The first kappa shape index (κ1) is 15.6. The molecule has 0 spiro atoms. The summed E-state index contributed by atoms with van der Waals surface area (Å²) in [6.45, 7) is 0. The van der Waals surface area contributed by atoms with Crippen LogP contribution < -0.4 is 5.32 Å². The van der Waals surface area contributed by atoms with Gasteiger partial charge in [-0.2, -0.15) is 0 Å². The van der Waals surface area contributed by atoms with Crippen molar-refractivity contribution >= 4 is 58.2 Å². The van der Waals surface area contributed by atoms with E-state index < -0.39 is 5.97 Å². The van der Waals surface area contributed by atoms with Crippen molar-refractivity contribution in [3.8, 4) is 0 Å². The van der Waals surface area contributed by atoms with E-state index in [4.69, 9.17) is 28.3 Å². The molecule has 0 saturated heterocycles. The van der Waals surface area contributed by atoms with Crippen LogP contribution in [0, 0.1) is 0 Å². The zero-order chi connectivity index (χ0) is 15.4. The Morgan fingerprint density at radius 1 is 1.19 bits per heavy atom. The summed E-state index contributed by atoms with van der Waals surface area (Å²) in [5, 5.41) is 13.6. The highest BCUT2D eigenvalue weighted by atomic mass is 35.5. The summed E-state index contributed by atoms with van der Waals surface area (Å²) in [6.07, 6.45) is 2.45. The number of rotatable bonds is 4. The third kappa shape index (κ3) is 4.32. The second kappa shape index (κ2) is 6.76. The highest BCUT2D eigenvalue weighted by Gasteiger charge is 2.09. The van der Waals surface area contributed by atoms with Crippen molar-refractivity contribution in [1.29, 1.82) is 0 Å². The fourth-order valence-electron chi connectivity index (χ4n) is 1.49. The molecule has 0 aliphatic heterocycles. The van der Waals surface area contributed by atoms with Gasteiger partial charge in [-0.3, -0.25) is 4.79 Å². The SMILES string of the molecule is O=C(O)C=Cc1cc(C(=O)Nc2ccc(Cl)c(Cl)c2)cs1. The summed E-state index contributed by atoms with van der Waals surface area (Å²) in [6, 6.07) is 6.40. The van der Waals surface area contributed by atoms with Crippen molar-refractivity contribution < 1.29 is 14.7 Å². The molecule has 1 aromatic heterocycles. The Hall–Kier alpha value is -1.82. The molecule has 0 fully saturated rings. The molecule has 2 N–H and O–H groups in total. The van der Waals surface area contributed by atoms with E-state index in [-0.39, 0.29) is 5.91 Å². The van der Waals surface area contributed by atoms with Gasteiger partial charge in [0.25, 0.3) is 5.91 Å². The second-order valence-corrected chi connectivity index (χ2v) is 5.75. The van der Waals surface area contributed by atoms with Gasteiger partial charge in [0.2, 0.25) is 0 Å². The predicted octanol–water partition coefficient (Wildman–Crippen LogP) is 4.41. The molecule has 0 aliphatic carbocycles. The van der Waals surface area contributed by atoms with Crippen LogP contribution in [0.5, 0.6) is 0 Å². The summed E-state index contributed by atoms with van der Waals surface area (Å²) in [5.74, 6) is -1.34. The number of nitrogens with one attached hydrogen (secondary N) is 1. The van der Waals surface area contributed by atoms with E-state index in [1.165, 1.54) is 17.4 Å². The van der Waals surface area contributed by atoms with Gasteiger partial charge in [-0.1, -0.05) is 23.2 Å². The van der Waals surface area contributed by atoms with Crippen LogP contribution in [0.25, 0.3) is 6.08 Å². The molecule has 1 amide bonds. The van der Waals surface area contributed by atoms with Crippen LogP contribution in [0.2, 0.25) is 10.0 Å². The molecule has 108 valence electrons. The summed E-state index contributed by atoms with van der Waals surface area (Å²) in [5.41, 5.74) is 0.972. The van der Waals surface area contributed by atoms with Crippen molar-refractivity contribution in [2.75, 3.05) is 5.32 Å². The largest absolute Gasteiger partial charge is 0.478 e. The molecule has 0 bridgehead atoms. The van der Waals surface area contributed by atoms with Gasteiger partial charge >= 0.3 is 5.97 Å².